The summed E-state index contributed by atoms with van der Waals surface area (Å²) in [4.78, 5) is 0. The van der Waals surface area contributed by atoms with Gasteiger partial charge in [0.1, 0.15) is 5.82 Å². The maximum atomic E-state index is 13.3. The second kappa shape index (κ2) is 4.69. The van der Waals surface area contributed by atoms with E-state index in [9.17, 15) is 4.39 Å². The van der Waals surface area contributed by atoms with Crippen LogP contribution in [0.3, 0.4) is 0 Å². The van der Waals surface area contributed by atoms with Gasteiger partial charge in [-0.15, -0.1) is 0 Å². The molecule has 1 aromatic carbocycles. The van der Waals surface area contributed by atoms with Crippen molar-refractivity contribution in [2.75, 3.05) is 0 Å². The molecule has 0 aliphatic rings. The van der Waals surface area contributed by atoms with E-state index in [1.807, 2.05) is 6.92 Å². The molecule has 4 heteroatoms. The molecule has 0 bridgehead atoms. The number of hydrogen-bond donors (Lipinski definition) is 2. The normalized spacial score (nSPS) is 12.9. The quantitative estimate of drug-likeness (QED) is 0.806. The highest BCUT2D eigenvalue weighted by atomic mass is 79.9. The number of halogens is 2. The summed E-state index contributed by atoms with van der Waals surface area (Å²) in [6.07, 6.45) is 0.634. The van der Waals surface area contributed by atoms with Crippen molar-refractivity contribution >= 4 is 15.9 Å². The van der Waals surface area contributed by atoms with Gasteiger partial charge in [-0.25, -0.2) is 4.39 Å². The Morgan fingerprint density at radius 1 is 1.62 bits per heavy atom. The average Bonchev–Trinajstić information content (AvgIpc) is 2.10. The van der Waals surface area contributed by atoms with Crippen LogP contribution in [-0.2, 0) is 0 Å². The summed E-state index contributed by atoms with van der Waals surface area (Å²) in [5.41, 5.74) is 2.55. The number of hydroxylamine groups is 1. The Balaban J connectivity index is 2.99. The summed E-state index contributed by atoms with van der Waals surface area (Å²) in [7, 11) is 0. The Kier molecular flexibility index (Phi) is 3.84. The zero-order chi connectivity index (χ0) is 9.84. The fourth-order valence-corrected chi connectivity index (χ4v) is 1.50. The summed E-state index contributed by atoms with van der Waals surface area (Å²) in [5, 5.41) is 8.74. The van der Waals surface area contributed by atoms with E-state index in [0.29, 0.717) is 16.5 Å². The van der Waals surface area contributed by atoms with Gasteiger partial charge in [0, 0.05) is 10.0 Å². The van der Waals surface area contributed by atoms with E-state index in [1.165, 1.54) is 6.07 Å². The maximum absolute atomic E-state index is 13.3. The van der Waals surface area contributed by atoms with Crippen LogP contribution in [0.5, 0.6) is 0 Å². The molecule has 1 aromatic rings. The molecule has 0 aliphatic heterocycles. The van der Waals surface area contributed by atoms with Crippen LogP contribution >= 0.6 is 15.9 Å². The molecule has 1 unspecified atom stereocenters. The van der Waals surface area contributed by atoms with Gasteiger partial charge >= 0.3 is 0 Å². The molecule has 2 nitrogen and oxygen atoms in total. The molecule has 1 atom stereocenters. The molecule has 0 aromatic heterocycles. The lowest BCUT2D eigenvalue weighted by Gasteiger charge is -2.13. The van der Waals surface area contributed by atoms with Crippen molar-refractivity contribution in [2.45, 2.75) is 19.4 Å². The lowest BCUT2D eigenvalue weighted by molar-refractivity contribution is 0.122. The highest BCUT2D eigenvalue weighted by Crippen LogP contribution is 2.22. The van der Waals surface area contributed by atoms with Gasteiger partial charge in [0.05, 0.1) is 6.04 Å². The summed E-state index contributed by atoms with van der Waals surface area (Å²) in [6, 6.07) is 4.44. The predicted octanol–water partition coefficient (Wildman–Crippen LogP) is 3.02. The van der Waals surface area contributed by atoms with E-state index in [1.54, 1.807) is 12.1 Å². The first kappa shape index (κ1) is 10.6. The highest BCUT2D eigenvalue weighted by molar-refractivity contribution is 9.10. The molecule has 0 aliphatic carbocycles. The van der Waals surface area contributed by atoms with E-state index in [0.717, 1.165) is 0 Å². The molecule has 1 rings (SSSR count). The van der Waals surface area contributed by atoms with Crippen LogP contribution in [0.4, 0.5) is 4.39 Å². The van der Waals surface area contributed by atoms with Crippen LogP contribution in [0.1, 0.15) is 24.9 Å². The van der Waals surface area contributed by atoms with Gasteiger partial charge in [-0.05, 0) is 18.6 Å². The maximum Gasteiger partial charge on any atom is 0.129 e. The minimum atomic E-state index is -0.340. The van der Waals surface area contributed by atoms with Crippen LogP contribution in [0.15, 0.2) is 22.7 Å². The molecule has 0 amide bonds. The molecule has 72 valence electrons. The topological polar surface area (TPSA) is 32.3 Å². The highest BCUT2D eigenvalue weighted by Gasteiger charge is 2.12. The van der Waals surface area contributed by atoms with Crippen molar-refractivity contribution in [3.8, 4) is 0 Å². The summed E-state index contributed by atoms with van der Waals surface area (Å²) < 4.78 is 14.0. The van der Waals surface area contributed by atoms with Crippen molar-refractivity contribution in [1.82, 2.24) is 5.48 Å². The summed E-state index contributed by atoms with van der Waals surface area (Å²) in [5.74, 6) is -0.317. The minimum absolute atomic E-state index is 0.317. The van der Waals surface area contributed by atoms with Gasteiger partial charge in [0.15, 0.2) is 0 Å². The second-order valence-corrected chi connectivity index (χ2v) is 3.67. The Hall–Kier alpha value is -0.450. The third kappa shape index (κ3) is 2.49. The monoisotopic (exact) mass is 247 g/mol. The second-order valence-electron chi connectivity index (χ2n) is 2.76. The number of nitrogens with one attached hydrogen (secondary N) is 1. The Labute approximate surface area is 84.9 Å². The molecule has 0 spiro atoms. The summed E-state index contributed by atoms with van der Waals surface area (Å²) in [6.45, 7) is 1.87. The first-order chi connectivity index (χ1) is 6.19. The van der Waals surface area contributed by atoms with Crippen molar-refractivity contribution in [3.63, 3.8) is 0 Å². The first-order valence-corrected chi connectivity index (χ1v) is 4.83. The molecule has 0 fully saturated rings. The van der Waals surface area contributed by atoms with Crippen molar-refractivity contribution in [3.05, 3.63) is 34.1 Å². The smallest absolute Gasteiger partial charge is 0.129 e. The Morgan fingerprint density at radius 2 is 2.31 bits per heavy atom. The molecule has 0 saturated carbocycles. The third-order valence-corrected chi connectivity index (χ3v) is 2.40. The first-order valence-electron chi connectivity index (χ1n) is 4.03. The van der Waals surface area contributed by atoms with E-state index in [2.05, 4.69) is 21.4 Å². The van der Waals surface area contributed by atoms with E-state index < -0.39 is 0 Å². The average molecular weight is 248 g/mol. The van der Waals surface area contributed by atoms with Crippen LogP contribution in [0, 0.1) is 5.82 Å². The van der Waals surface area contributed by atoms with Crippen molar-refractivity contribution in [2.24, 2.45) is 0 Å². The summed E-state index contributed by atoms with van der Waals surface area (Å²) >= 11 is 3.17. The molecule has 0 radical (unpaired) electrons. The fourth-order valence-electron chi connectivity index (χ4n) is 1.16. The Morgan fingerprint density at radius 3 is 2.77 bits per heavy atom. The molecule has 2 N–H and O–H groups in total. The zero-order valence-corrected chi connectivity index (χ0v) is 8.81. The van der Waals surface area contributed by atoms with Crippen LogP contribution in [-0.4, -0.2) is 5.21 Å². The van der Waals surface area contributed by atoms with Gasteiger partial charge in [0.25, 0.3) is 0 Å². The lowest BCUT2D eigenvalue weighted by atomic mass is 10.1. The van der Waals surface area contributed by atoms with Crippen LogP contribution in [0.2, 0.25) is 0 Å². The van der Waals surface area contributed by atoms with Crippen LogP contribution < -0.4 is 5.48 Å². The molecule has 0 saturated heterocycles. The van der Waals surface area contributed by atoms with Gasteiger partial charge in [0.2, 0.25) is 0 Å². The third-order valence-electron chi connectivity index (χ3n) is 1.90. The van der Waals surface area contributed by atoms with Gasteiger partial charge < -0.3 is 5.21 Å². The standard InChI is InChI=1S/C9H11BrFNO/c1-2-9(12-13)7-4-3-6(10)5-8(7)11/h3-5,9,12-13H,2H2,1H3. The number of hydrogen-bond acceptors (Lipinski definition) is 2. The largest absolute Gasteiger partial charge is 0.316 e. The predicted molar refractivity (Wildman–Crippen MR) is 52.1 cm³/mol. The molecular formula is C9H11BrFNO. The fraction of sp³-hybridized carbons (Fsp3) is 0.333. The number of benzene rings is 1. The van der Waals surface area contributed by atoms with E-state index >= 15 is 0 Å². The van der Waals surface area contributed by atoms with Gasteiger partial charge in [-0.3, -0.25) is 0 Å². The van der Waals surface area contributed by atoms with Crippen molar-refractivity contribution in [1.29, 1.82) is 0 Å². The van der Waals surface area contributed by atoms with Crippen LogP contribution in [0.25, 0.3) is 0 Å². The SMILES string of the molecule is CCC(NO)c1ccc(Br)cc1F. The molecule has 0 heterocycles. The Bertz CT molecular complexity index is 289. The zero-order valence-electron chi connectivity index (χ0n) is 7.22. The molecule has 13 heavy (non-hydrogen) atoms. The molecular weight excluding hydrogens is 237 g/mol. The van der Waals surface area contributed by atoms with Gasteiger partial charge in [-0.1, -0.05) is 28.9 Å². The van der Waals surface area contributed by atoms with E-state index in [4.69, 9.17) is 5.21 Å². The van der Waals surface area contributed by atoms with Crippen molar-refractivity contribution < 1.29 is 9.60 Å². The minimum Gasteiger partial charge on any atom is -0.316 e. The van der Waals surface area contributed by atoms with Gasteiger partial charge in [-0.2, -0.15) is 5.48 Å². The van der Waals surface area contributed by atoms with E-state index in [-0.39, 0.29) is 11.9 Å². The lowest BCUT2D eigenvalue weighted by Crippen LogP contribution is -2.17. The number of rotatable bonds is 3.